The molecule has 0 fully saturated rings. The van der Waals surface area contributed by atoms with Gasteiger partial charge in [-0.3, -0.25) is 0 Å². The Balaban J connectivity index is 0.00000106. The molecule has 0 unspecified atom stereocenters. The number of benzene rings is 1. The van der Waals surface area contributed by atoms with Crippen LogP contribution in [0.2, 0.25) is 0 Å². The van der Waals surface area contributed by atoms with Crippen molar-refractivity contribution in [3.63, 3.8) is 0 Å². The van der Waals surface area contributed by atoms with Gasteiger partial charge in [0.05, 0.1) is 0 Å². The third-order valence-corrected chi connectivity index (χ3v) is 1.47. The van der Waals surface area contributed by atoms with Crippen molar-refractivity contribution in [2.45, 2.75) is 13.8 Å². The van der Waals surface area contributed by atoms with Crippen molar-refractivity contribution in [3.8, 4) is 0 Å². The predicted octanol–water partition coefficient (Wildman–Crippen LogP) is 3.63. The van der Waals surface area contributed by atoms with Crippen LogP contribution in [0, 0.1) is 0 Å². The lowest BCUT2D eigenvalue weighted by atomic mass is 10.2. The van der Waals surface area contributed by atoms with Gasteiger partial charge in [-0.15, -0.1) is 0 Å². The van der Waals surface area contributed by atoms with Crippen LogP contribution in [0.5, 0.6) is 0 Å². The molecule has 0 aliphatic heterocycles. The van der Waals surface area contributed by atoms with E-state index in [0.717, 1.165) is 11.6 Å². The first-order valence-electron chi connectivity index (χ1n) is 4.83. The zero-order valence-corrected chi connectivity index (χ0v) is 9.90. The molecule has 0 bridgehead atoms. The normalized spacial score (nSPS) is 9.19. The Hall–Kier alpha value is -1.61. The Morgan fingerprint density at radius 1 is 1.19 bits per heavy atom. The number of rotatable bonds is 2. The molecule has 0 aliphatic rings. The number of carbonyl (C=O) groups is 2. The number of ether oxygens (including phenoxy) is 1. The second kappa shape index (κ2) is 8.68. The standard InChI is InChI=1S/C10H7ClO3.C2H6/c11-10(13)14-9(12)7-6-8-4-2-1-3-5-8;1-2/h1-7H;1-2H3. The summed E-state index contributed by atoms with van der Waals surface area (Å²) in [5.41, 5.74) is -0.292. The lowest BCUT2D eigenvalue weighted by Gasteiger charge is -1.92. The van der Waals surface area contributed by atoms with E-state index in [9.17, 15) is 9.59 Å². The van der Waals surface area contributed by atoms with Crippen molar-refractivity contribution in [2.24, 2.45) is 0 Å². The molecule has 86 valence electrons. The van der Waals surface area contributed by atoms with Gasteiger partial charge in [0.15, 0.2) is 0 Å². The molecule has 1 aromatic carbocycles. The fraction of sp³-hybridized carbons (Fsp3) is 0.167. The number of halogens is 1. The first-order valence-corrected chi connectivity index (χ1v) is 5.20. The molecule has 0 atom stereocenters. The van der Waals surface area contributed by atoms with Crippen LogP contribution in [0.25, 0.3) is 6.08 Å². The van der Waals surface area contributed by atoms with Crippen LogP contribution in [-0.2, 0) is 9.53 Å². The second-order valence-corrected chi connectivity index (χ2v) is 2.71. The van der Waals surface area contributed by atoms with Gasteiger partial charge < -0.3 is 4.74 Å². The van der Waals surface area contributed by atoms with E-state index >= 15 is 0 Å². The highest BCUT2D eigenvalue weighted by atomic mass is 35.5. The fourth-order valence-corrected chi connectivity index (χ4v) is 0.918. The molecule has 0 amide bonds. The minimum Gasteiger partial charge on any atom is -0.377 e. The van der Waals surface area contributed by atoms with Crippen molar-refractivity contribution in [1.82, 2.24) is 0 Å². The summed E-state index contributed by atoms with van der Waals surface area (Å²) in [5.74, 6) is -0.783. The molecule has 0 N–H and O–H groups in total. The molecule has 0 aromatic heterocycles. The maximum atomic E-state index is 10.8. The first-order chi connectivity index (χ1) is 7.68. The van der Waals surface area contributed by atoms with Crippen LogP contribution in [0.1, 0.15) is 19.4 Å². The molecule has 0 saturated carbocycles. The fourth-order valence-electron chi connectivity index (χ4n) is 0.842. The van der Waals surface area contributed by atoms with Gasteiger partial charge in [0, 0.05) is 17.7 Å². The zero-order valence-electron chi connectivity index (χ0n) is 9.14. The molecular formula is C12H13ClO3. The molecule has 1 rings (SSSR count). The Morgan fingerprint density at radius 2 is 1.75 bits per heavy atom. The molecule has 0 radical (unpaired) electrons. The van der Waals surface area contributed by atoms with Crippen molar-refractivity contribution >= 4 is 29.1 Å². The van der Waals surface area contributed by atoms with Gasteiger partial charge in [0.2, 0.25) is 0 Å². The summed E-state index contributed by atoms with van der Waals surface area (Å²) in [4.78, 5) is 21.0. The van der Waals surface area contributed by atoms with Gasteiger partial charge in [0.25, 0.3) is 0 Å². The molecule has 0 saturated heterocycles. The number of hydrogen-bond donors (Lipinski definition) is 0. The highest BCUT2D eigenvalue weighted by molar-refractivity contribution is 6.62. The molecule has 0 aliphatic carbocycles. The smallest absolute Gasteiger partial charge is 0.377 e. The minimum absolute atomic E-state index is 0.783. The number of carbonyl (C=O) groups excluding carboxylic acids is 2. The average molecular weight is 241 g/mol. The van der Waals surface area contributed by atoms with Gasteiger partial charge in [-0.2, -0.15) is 0 Å². The van der Waals surface area contributed by atoms with E-state index in [1.165, 1.54) is 6.08 Å². The van der Waals surface area contributed by atoms with Crippen molar-refractivity contribution in [2.75, 3.05) is 0 Å². The summed E-state index contributed by atoms with van der Waals surface area (Å²) in [7, 11) is 0. The molecule has 16 heavy (non-hydrogen) atoms. The van der Waals surface area contributed by atoms with Gasteiger partial charge in [-0.05, 0) is 11.6 Å². The van der Waals surface area contributed by atoms with E-state index in [2.05, 4.69) is 4.74 Å². The van der Waals surface area contributed by atoms with E-state index in [1.54, 1.807) is 0 Å². The van der Waals surface area contributed by atoms with Crippen LogP contribution >= 0.6 is 11.6 Å². The Morgan fingerprint density at radius 3 is 2.25 bits per heavy atom. The van der Waals surface area contributed by atoms with Crippen molar-refractivity contribution in [3.05, 3.63) is 42.0 Å². The topological polar surface area (TPSA) is 43.4 Å². The highest BCUT2D eigenvalue weighted by Gasteiger charge is 2.01. The molecule has 0 spiro atoms. The van der Waals surface area contributed by atoms with E-state index in [-0.39, 0.29) is 0 Å². The maximum absolute atomic E-state index is 10.8. The van der Waals surface area contributed by atoms with E-state index in [0.29, 0.717) is 0 Å². The van der Waals surface area contributed by atoms with E-state index < -0.39 is 11.4 Å². The minimum atomic E-state index is -1.13. The molecular weight excluding hydrogens is 228 g/mol. The first kappa shape index (κ1) is 14.4. The number of esters is 1. The van der Waals surface area contributed by atoms with Crippen LogP contribution < -0.4 is 0 Å². The van der Waals surface area contributed by atoms with Crippen LogP contribution in [-0.4, -0.2) is 11.4 Å². The lowest BCUT2D eigenvalue weighted by Crippen LogP contribution is -2.01. The van der Waals surface area contributed by atoms with Gasteiger partial charge in [0.1, 0.15) is 0 Å². The number of hydrogen-bond acceptors (Lipinski definition) is 3. The Labute approximate surface area is 99.7 Å². The summed E-state index contributed by atoms with van der Waals surface area (Å²) in [6, 6.07) is 9.14. The van der Waals surface area contributed by atoms with Crippen molar-refractivity contribution < 1.29 is 14.3 Å². The third kappa shape index (κ3) is 6.79. The van der Waals surface area contributed by atoms with Crippen LogP contribution in [0.3, 0.4) is 0 Å². The summed E-state index contributed by atoms with van der Waals surface area (Å²) in [5, 5.41) is 0. The zero-order chi connectivity index (χ0) is 12.4. The predicted molar refractivity (Wildman–Crippen MR) is 64.2 cm³/mol. The Kier molecular flexibility index (Phi) is 7.81. The summed E-state index contributed by atoms with van der Waals surface area (Å²) < 4.78 is 4.07. The second-order valence-electron chi connectivity index (χ2n) is 2.40. The van der Waals surface area contributed by atoms with Crippen LogP contribution in [0.4, 0.5) is 4.79 Å². The van der Waals surface area contributed by atoms with Gasteiger partial charge in [-0.1, -0.05) is 44.2 Å². The summed E-state index contributed by atoms with van der Waals surface area (Å²) in [6.07, 6.45) is 2.66. The average Bonchev–Trinajstić information content (AvgIpc) is 2.30. The molecule has 4 heteroatoms. The third-order valence-electron chi connectivity index (χ3n) is 1.39. The van der Waals surface area contributed by atoms with E-state index in [1.807, 2.05) is 44.2 Å². The highest BCUT2D eigenvalue weighted by Crippen LogP contribution is 2.01. The van der Waals surface area contributed by atoms with Crippen molar-refractivity contribution in [1.29, 1.82) is 0 Å². The van der Waals surface area contributed by atoms with E-state index in [4.69, 9.17) is 11.6 Å². The monoisotopic (exact) mass is 240 g/mol. The molecule has 0 heterocycles. The molecule has 3 nitrogen and oxygen atoms in total. The summed E-state index contributed by atoms with van der Waals surface area (Å²) in [6.45, 7) is 4.00. The maximum Gasteiger partial charge on any atom is 0.411 e. The Bertz CT molecular complexity index is 358. The lowest BCUT2D eigenvalue weighted by molar-refractivity contribution is -0.130. The van der Waals surface area contributed by atoms with Gasteiger partial charge in [-0.25, -0.2) is 9.59 Å². The van der Waals surface area contributed by atoms with Gasteiger partial charge >= 0.3 is 11.4 Å². The van der Waals surface area contributed by atoms with Crippen LogP contribution in [0.15, 0.2) is 36.4 Å². The largest absolute Gasteiger partial charge is 0.411 e. The summed E-state index contributed by atoms with van der Waals surface area (Å²) >= 11 is 4.84. The quantitative estimate of drug-likeness (QED) is 0.343. The molecule has 1 aromatic rings. The SMILES string of the molecule is CC.O=C(Cl)OC(=O)C=Cc1ccccc1.